The first-order valence-corrected chi connectivity index (χ1v) is 3.79. The van der Waals surface area contributed by atoms with Crippen LogP contribution in [0.15, 0.2) is 30.8 Å². The van der Waals surface area contributed by atoms with Crippen LogP contribution in [0.5, 0.6) is 0 Å². The van der Waals surface area contributed by atoms with Gasteiger partial charge in [0, 0.05) is 0 Å². The van der Waals surface area contributed by atoms with Gasteiger partial charge in [-0.2, -0.15) is 0 Å². The highest BCUT2D eigenvalue weighted by atomic mass is 16.6. The molecule has 0 fully saturated rings. The van der Waals surface area contributed by atoms with E-state index in [1.54, 1.807) is 7.11 Å². The Morgan fingerprint density at radius 3 is 2.83 bits per heavy atom. The number of benzene rings is 1. The van der Waals surface area contributed by atoms with Crippen molar-refractivity contribution in [2.75, 3.05) is 7.11 Å². The van der Waals surface area contributed by atoms with Gasteiger partial charge in [-0.1, -0.05) is 30.3 Å². The zero-order chi connectivity index (χ0) is 8.97. The van der Waals surface area contributed by atoms with Crippen molar-refractivity contribution >= 4 is 5.70 Å². The Bertz CT molecular complexity index is 281. The average molecular weight is 163 g/mol. The Hall–Kier alpha value is -1.28. The number of aryl methyl sites for hydroxylation is 1. The zero-order valence-electron chi connectivity index (χ0n) is 7.42. The minimum atomic E-state index is 0.779. The minimum Gasteiger partial charge on any atom is -0.279 e. The zero-order valence-corrected chi connectivity index (χ0v) is 7.42. The lowest BCUT2D eigenvalue weighted by Crippen LogP contribution is -2.08. The van der Waals surface area contributed by atoms with Crippen molar-refractivity contribution < 1.29 is 4.84 Å². The molecule has 0 bridgehead atoms. The van der Waals surface area contributed by atoms with Crippen LogP contribution in [0, 0.1) is 6.92 Å². The van der Waals surface area contributed by atoms with E-state index in [0.29, 0.717) is 0 Å². The third-order valence-electron chi connectivity index (χ3n) is 1.59. The number of hydrogen-bond donors (Lipinski definition) is 1. The van der Waals surface area contributed by atoms with Gasteiger partial charge in [0.05, 0.1) is 12.8 Å². The normalized spacial score (nSPS) is 9.50. The van der Waals surface area contributed by atoms with E-state index in [2.05, 4.69) is 12.1 Å². The van der Waals surface area contributed by atoms with Crippen LogP contribution in [0.3, 0.4) is 0 Å². The fourth-order valence-corrected chi connectivity index (χ4v) is 1.01. The second kappa shape index (κ2) is 3.93. The van der Waals surface area contributed by atoms with Gasteiger partial charge in [-0.3, -0.25) is 10.3 Å². The van der Waals surface area contributed by atoms with Crippen LogP contribution in [-0.2, 0) is 4.84 Å². The van der Waals surface area contributed by atoms with Gasteiger partial charge in [-0.05, 0) is 18.6 Å². The molecule has 0 saturated carbocycles. The summed E-state index contributed by atoms with van der Waals surface area (Å²) in [7, 11) is 1.57. The Morgan fingerprint density at radius 2 is 2.25 bits per heavy atom. The van der Waals surface area contributed by atoms with Crippen molar-refractivity contribution in [3.63, 3.8) is 0 Å². The molecule has 0 atom stereocenters. The highest BCUT2D eigenvalue weighted by Gasteiger charge is 1.96. The molecule has 1 N–H and O–H groups in total. The SMILES string of the molecule is C=C(NOC)c1cccc(C)c1. The van der Waals surface area contributed by atoms with Crippen molar-refractivity contribution in [1.82, 2.24) is 5.48 Å². The van der Waals surface area contributed by atoms with Gasteiger partial charge in [-0.25, -0.2) is 0 Å². The molecule has 0 aromatic heterocycles. The molecule has 0 heterocycles. The molecule has 0 aliphatic rings. The Morgan fingerprint density at radius 1 is 1.50 bits per heavy atom. The van der Waals surface area contributed by atoms with E-state index in [4.69, 9.17) is 4.84 Å². The van der Waals surface area contributed by atoms with Crippen molar-refractivity contribution in [1.29, 1.82) is 0 Å². The van der Waals surface area contributed by atoms with Crippen molar-refractivity contribution in [3.8, 4) is 0 Å². The lowest BCUT2D eigenvalue weighted by molar-refractivity contribution is 0.137. The molecule has 1 aromatic rings. The molecule has 0 aliphatic heterocycles. The first-order valence-electron chi connectivity index (χ1n) is 3.79. The summed E-state index contributed by atoms with van der Waals surface area (Å²) in [5, 5.41) is 0. The summed E-state index contributed by atoms with van der Waals surface area (Å²) < 4.78 is 0. The topological polar surface area (TPSA) is 21.3 Å². The van der Waals surface area contributed by atoms with Gasteiger partial charge in [-0.15, -0.1) is 0 Å². The largest absolute Gasteiger partial charge is 0.279 e. The number of nitrogens with one attached hydrogen (secondary N) is 1. The van der Waals surface area contributed by atoms with Crippen molar-refractivity contribution in [2.24, 2.45) is 0 Å². The fraction of sp³-hybridized carbons (Fsp3) is 0.200. The summed E-state index contributed by atoms with van der Waals surface area (Å²) in [5.41, 5.74) is 5.74. The van der Waals surface area contributed by atoms with E-state index in [1.807, 2.05) is 31.2 Å². The quantitative estimate of drug-likeness (QED) is 0.689. The molecule has 64 valence electrons. The predicted octanol–water partition coefficient (Wildman–Crippen LogP) is 2.12. The smallest absolute Gasteiger partial charge is 0.0636 e. The monoisotopic (exact) mass is 163 g/mol. The molecular weight excluding hydrogens is 150 g/mol. The summed E-state index contributed by atoms with van der Waals surface area (Å²) in [6.07, 6.45) is 0. The second-order valence-electron chi connectivity index (χ2n) is 2.65. The number of rotatable bonds is 3. The third kappa shape index (κ3) is 2.10. The molecule has 0 spiro atoms. The van der Waals surface area contributed by atoms with Crippen LogP contribution >= 0.6 is 0 Å². The van der Waals surface area contributed by atoms with Crippen LogP contribution in [-0.4, -0.2) is 7.11 Å². The van der Waals surface area contributed by atoms with E-state index in [9.17, 15) is 0 Å². The van der Waals surface area contributed by atoms with E-state index in [0.717, 1.165) is 11.3 Å². The van der Waals surface area contributed by atoms with Crippen LogP contribution in [0.4, 0.5) is 0 Å². The van der Waals surface area contributed by atoms with Gasteiger partial charge >= 0.3 is 0 Å². The fourth-order valence-electron chi connectivity index (χ4n) is 1.01. The second-order valence-corrected chi connectivity index (χ2v) is 2.65. The van der Waals surface area contributed by atoms with Crippen LogP contribution < -0.4 is 5.48 Å². The Labute approximate surface area is 72.8 Å². The van der Waals surface area contributed by atoms with Gasteiger partial charge in [0.15, 0.2) is 0 Å². The summed E-state index contributed by atoms with van der Waals surface area (Å²) in [4.78, 5) is 4.75. The Kier molecular flexibility index (Phi) is 2.88. The van der Waals surface area contributed by atoms with E-state index >= 15 is 0 Å². The van der Waals surface area contributed by atoms with Crippen LogP contribution in [0.2, 0.25) is 0 Å². The van der Waals surface area contributed by atoms with E-state index in [-0.39, 0.29) is 0 Å². The third-order valence-corrected chi connectivity index (χ3v) is 1.59. The van der Waals surface area contributed by atoms with Gasteiger partial charge in [0.25, 0.3) is 0 Å². The predicted molar refractivity (Wildman–Crippen MR) is 50.4 cm³/mol. The highest BCUT2D eigenvalue weighted by Crippen LogP contribution is 2.10. The van der Waals surface area contributed by atoms with Crippen LogP contribution in [0.25, 0.3) is 5.70 Å². The molecule has 2 heteroatoms. The summed E-state index contributed by atoms with van der Waals surface area (Å²) in [5.74, 6) is 0. The first-order chi connectivity index (χ1) is 5.74. The molecule has 0 radical (unpaired) electrons. The summed E-state index contributed by atoms with van der Waals surface area (Å²) >= 11 is 0. The van der Waals surface area contributed by atoms with Crippen molar-refractivity contribution in [2.45, 2.75) is 6.92 Å². The average Bonchev–Trinajstić information content (AvgIpc) is 2.05. The van der Waals surface area contributed by atoms with E-state index in [1.165, 1.54) is 5.56 Å². The van der Waals surface area contributed by atoms with Gasteiger partial charge in [0.1, 0.15) is 0 Å². The summed E-state index contributed by atoms with van der Waals surface area (Å²) in [6.45, 7) is 5.86. The lowest BCUT2D eigenvalue weighted by atomic mass is 10.1. The molecule has 0 unspecified atom stereocenters. The molecule has 0 amide bonds. The summed E-state index contributed by atoms with van der Waals surface area (Å²) in [6, 6.07) is 8.08. The molecule has 0 saturated heterocycles. The minimum absolute atomic E-state index is 0.779. The lowest BCUT2D eigenvalue weighted by Gasteiger charge is -2.06. The molecule has 0 aliphatic carbocycles. The van der Waals surface area contributed by atoms with Crippen molar-refractivity contribution in [3.05, 3.63) is 42.0 Å². The Balaban J connectivity index is 2.81. The molecule has 1 aromatic carbocycles. The first kappa shape index (κ1) is 8.81. The maximum Gasteiger partial charge on any atom is 0.0636 e. The molecule has 2 nitrogen and oxygen atoms in total. The number of hydrogen-bond acceptors (Lipinski definition) is 2. The maximum absolute atomic E-state index is 4.75. The maximum atomic E-state index is 4.75. The number of hydroxylamine groups is 1. The molecule has 12 heavy (non-hydrogen) atoms. The highest BCUT2D eigenvalue weighted by molar-refractivity contribution is 5.61. The van der Waals surface area contributed by atoms with Gasteiger partial charge < -0.3 is 0 Å². The van der Waals surface area contributed by atoms with Gasteiger partial charge in [0.2, 0.25) is 0 Å². The molecule has 1 rings (SSSR count). The van der Waals surface area contributed by atoms with E-state index < -0.39 is 0 Å². The standard InChI is InChI=1S/C10H13NO/c1-8-5-4-6-10(7-8)9(2)11-12-3/h4-7,11H,2H2,1,3H3. The molecular formula is C10H13NO. The van der Waals surface area contributed by atoms with Crippen LogP contribution in [0.1, 0.15) is 11.1 Å².